The van der Waals surface area contributed by atoms with Gasteiger partial charge in [0.2, 0.25) is 10.0 Å². The summed E-state index contributed by atoms with van der Waals surface area (Å²) in [6.45, 7) is 4.92. The highest BCUT2D eigenvalue weighted by Crippen LogP contribution is 2.16. The second kappa shape index (κ2) is 8.85. The lowest BCUT2D eigenvalue weighted by atomic mass is 10.1. The van der Waals surface area contributed by atoms with E-state index in [1.54, 1.807) is 12.1 Å². The van der Waals surface area contributed by atoms with Crippen molar-refractivity contribution in [3.8, 4) is 5.75 Å². The molecule has 150 valence electrons. The highest BCUT2D eigenvalue weighted by molar-refractivity contribution is 7.89. The first kappa shape index (κ1) is 21.4. The van der Waals surface area contributed by atoms with E-state index in [9.17, 15) is 18.0 Å². The lowest BCUT2D eigenvalue weighted by molar-refractivity contribution is -0.155. The van der Waals surface area contributed by atoms with E-state index in [2.05, 4.69) is 5.32 Å². The van der Waals surface area contributed by atoms with E-state index in [-0.39, 0.29) is 11.5 Å². The Morgan fingerprint density at radius 1 is 1.07 bits per heavy atom. The Bertz CT molecular complexity index is 950. The number of nitrogens with one attached hydrogen (secondary N) is 1. The molecule has 0 spiro atoms. The number of aryl methyl sites for hydroxylation is 2. The number of nitrogens with two attached hydrogens (primary N) is 1. The number of ether oxygens (including phenoxy) is 2. The smallest absolute Gasteiger partial charge is 0.344 e. The molecule has 0 fully saturated rings. The van der Waals surface area contributed by atoms with Crippen molar-refractivity contribution >= 4 is 27.6 Å². The van der Waals surface area contributed by atoms with Gasteiger partial charge in [-0.25, -0.2) is 18.4 Å². The fraction of sp³-hybridized carbons (Fsp3) is 0.263. The molecule has 0 saturated carbocycles. The Balaban J connectivity index is 1.86. The molecule has 2 aromatic carbocycles. The van der Waals surface area contributed by atoms with Crippen molar-refractivity contribution in [3.63, 3.8) is 0 Å². The van der Waals surface area contributed by atoms with Crippen LogP contribution in [0.4, 0.5) is 5.69 Å². The average molecular weight is 406 g/mol. The van der Waals surface area contributed by atoms with E-state index in [1.807, 2.05) is 19.9 Å². The van der Waals surface area contributed by atoms with Crippen molar-refractivity contribution in [2.75, 3.05) is 11.9 Å². The predicted octanol–water partition coefficient (Wildman–Crippen LogP) is 1.90. The lowest BCUT2D eigenvalue weighted by Gasteiger charge is -2.14. The van der Waals surface area contributed by atoms with Gasteiger partial charge in [-0.3, -0.25) is 4.79 Å². The maximum Gasteiger partial charge on any atom is 0.344 e. The van der Waals surface area contributed by atoms with Crippen LogP contribution in [0.3, 0.4) is 0 Å². The van der Waals surface area contributed by atoms with Crippen molar-refractivity contribution in [1.82, 2.24) is 0 Å². The summed E-state index contributed by atoms with van der Waals surface area (Å²) in [4.78, 5) is 23.9. The molecule has 0 saturated heterocycles. The Morgan fingerprint density at radius 2 is 1.64 bits per heavy atom. The number of hydrogen-bond donors (Lipinski definition) is 2. The molecule has 0 aromatic heterocycles. The third-order valence-corrected chi connectivity index (χ3v) is 4.61. The molecule has 1 amide bonds. The molecule has 9 heteroatoms. The molecular formula is C19H22N2O6S. The van der Waals surface area contributed by atoms with Crippen LogP contribution < -0.4 is 15.2 Å². The summed E-state index contributed by atoms with van der Waals surface area (Å²) in [6.07, 6.45) is -1.06. The molecule has 0 unspecified atom stereocenters. The van der Waals surface area contributed by atoms with Gasteiger partial charge in [-0.1, -0.05) is 6.07 Å². The number of rotatable bonds is 7. The maximum atomic E-state index is 12.1. The number of primary sulfonamides is 1. The van der Waals surface area contributed by atoms with Gasteiger partial charge in [-0.05, 0) is 68.3 Å². The molecular weight excluding hydrogens is 384 g/mol. The molecule has 0 bridgehead atoms. The first-order valence-corrected chi connectivity index (χ1v) is 9.93. The Labute approximate surface area is 163 Å². The largest absolute Gasteiger partial charge is 0.482 e. The number of hydrogen-bond acceptors (Lipinski definition) is 6. The Hall–Kier alpha value is -2.91. The van der Waals surface area contributed by atoms with Crippen LogP contribution in [0.2, 0.25) is 0 Å². The quantitative estimate of drug-likeness (QED) is 0.677. The lowest BCUT2D eigenvalue weighted by Crippen LogP contribution is -2.31. The zero-order valence-corrected chi connectivity index (χ0v) is 16.6. The minimum atomic E-state index is -3.81. The summed E-state index contributed by atoms with van der Waals surface area (Å²) >= 11 is 0. The van der Waals surface area contributed by atoms with Crippen LogP contribution in [0.5, 0.6) is 5.75 Å². The van der Waals surface area contributed by atoms with Gasteiger partial charge in [-0.2, -0.15) is 0 Å². The highest BCUT2D eigenvalue weighted by Gasteiger charge is 2.18. The van der Waals surface area contributed by atoms with Gasteiger partial charge in [-0.15, -0.1) is 0 Å². The first-order valence-electron chi connectivity index (χ1n) is 8.39. The second-order valence-corrected chi connectivity index (χ2v) is 7.86. The fourth-order valence-corrected chi connectivity index (χ4v) is 2.93. The number of esters is 1. The topological polar surface area (TPSA) is 125 Å². The maximum absolute atomic E-state index is 12.1. The predicted molar refractivity (Wildman–Crippen MR) is 103 cm³/mol. The van der Waals surface area contributed by atoms with Crippen LogP contribution in [-0.2, 0) is 24.3 Å². The number of anilines is 1. The summed E-state index contributed by atoms with van der Waals surface area (Å²) < 4.78 is 32.9. The van der Waals surface area contributed by atoms with E-state index in [1.165, 1.54) is 31.2 Å². The van der Waals surface area contributed by atoms with Crippen LogP contribution >= 0.6 is 0 Å². The molecule has 3 N–H and O–H groups in total. The third-order valence-electron chi connectivity index (χ3n) is 3.68. The van der Waals surface area contributed by atoms with Crippen LogP contribution in [0, 0.1) is 13.8 Å². The second-order valence-electron chi connectivity index (χ2n) is 6.30. The molecule has 2 aromatic rings. The van der Waals surface area contributed by atoms with Crippen molar-refractivity contribution in [1.29, 1.82) is 0 Å². The molecule has 28 heavy (non-hydrogen) atoms. The molecule has 2 rings (SSSR count). The van der Waals surface area contributed by atoms with Gasteiger partial charge in [0, 0.05) is 5.69 Å². The van der Waals surface area contributed by atoms with Gasteiger partial charge in [0.1, 0.15) is 5.75 Å². The third kappa shape index (κ3) is 6.36. The van der Waals surface area contributed by atoms with Crippen LogP contribution in [0.25, 0.3) is 0 Å². The molecule has 0 aliphatic rings. The summed E-state index contributed by atoms with van der Waals surface area (Å²) in [5.74, 6) is -0.712. The van der Waals surface area contributed by atoms with E-state index >= 15 is 0 Å². The van der Waals surface area contributed by atoms with Crippen LogP contribution in [-0.4, -0.2) is 33.0 Å². The van der Waals surface area contributed by atoms with Gasteiger partial charge in [0.05, 0.1) is 4.90 Å². The average Bonchev–Trinajstić information content (AvgIpc) is 2.58. The summed E-state index contributed by atoms with van der Waals surface area (Å²) in [6, 6.07) is 10.9. The molecule has 8 nitrogen and oxygen atoms in total. The van der Waals surface area contributed by atoms with Gasteiger partial charge >= 0.3 is 5.97 Å². The number of benzene rings is 2. The van der Waals surface area contributed by atoms with Gasteiger partial charge in [0.15, 0.2) is 12.7 Å². The van der Waals surface area contributed by atoms with Crippen molar-refractivity contribution in [2.24, 2.45) is 5.14 Å². The number of sulfonamides is 1. The Morgan fingerprint density at radius 3 is 2.18 bits per heavy atom. The normalized spacial score (nSPS) is 12.1. The van der Waals surface area contributed by atoms with Crippen molar-refractivity contribution in [3.05, 3.63) is 53.6 Å². The van der Waals surface area contributed by atoms with Gasteiger partial charge < -0.3 is 14.8 Å². The standard InChI is InChI=1S/C19H22N2O6S/c1-12-8-13(2)10-16(9-12)26-11-18(22)27-14(3)19(23)21-15-4-6-17(7-5-15)28(20,24)25/h4-10,14H,11H2,1-3H3,(H,21,23)(H2,20,24,25)/t14-/m1/s1. The summed E-state index contributed by atoms with van der Waals surface area (Å²) in [7, 11) is -3.81. The van der Waals surface area contributed by atoms with Gasteiger partial charge in [0.25, 0.3) is 5.91 Å². The summed E-state index contributed by atoms with van der Waals surface area (Å²) in [5.41, 5.74) is 2.35. The number of amides is 1. The number of carbonyl (C=O) groups excluding carboxylic acids is 2. The zero-order valence-electron chi connectivity index (χ0n) is 15.8. The SMILES string of the molecule is Cc1cc(C)cc(OCC(=O)O[C@H](C)C(=O)Nc2ccc(S(N)(=O)=O)cc2)c1. The molecule has 0 heterocycles. The fourth-order valence-electron chi connectivity index (χ4n) is 2.42. The van der Waals surface area contributed by atoms with E-state index in [0.29, 0.717) is 11.4 Å². The molecule has 0 aliphatic heterocycles. The summed E-state index contributed by atoms with van der Waals surface area (Å²) in [5, 5.41) is 7.54. The van der Waals surface area contributed by atoms with E-state index in [0.717, 1.165) is 11.1 Å². The minimum absolute atomic E-state index is 0.0755. The van der Waals surface area contributed by atoms with E-state index < -0.39 is 28.0 Å². The van der Waals surface area contributed by atoms with Crippen molar-refractivity contribution < 1.29 is 27.5 Å². The first-order chi connectivity index (χ1) is 13.0. The zero-order chi connectivity index (χ0) is 20.9. The minimum Gasteiger partial charge on any atom is -0.482 e. The van der Waals surface area contributed by atoms with E-state index in [4.69, 9.17) is 14.6 Å². The molecule has 0 aliphatic carbocycles. The van der Waals surface area contributed by atoms with Crippen LogP contribution in [0.1, 0.15) is 18.1 Å². The molecule has 0 radical (unpaired) electrons. The highest BCUT2D eigenvalue weighted by atomic mass is 32.2. The molecule has 1 atom stereocenters. The van der Waals surface area contributed by atoms with Crippen molar-refractivity contribution in [2.45, 2.75) is 31.8 Å². The number of carbonyl (C=O) groups is 2. The van der Waals surface area contributed by atoms with Crippen LogP contribution in [0.15, 0.2) is 47.4 Å². The monoisotopic (exact) mass is 406 g/mol. The Kier molecular flexibility index (Phi) is 6.76.